The van der Waals surface area contributed by atoms with Gasteiger partial charge in [-0.2, -0.15) is 5.26 Å². The zero-order valence-corrected chi connectivity index (χ0v) is 20.5. The molecule has 198 valence electrons. The Hall–Kier alpha value is -2.84. The molecule has 37 heavy (non-hydrogen) atoms. The van der Waals surface area contributed by atoms with E-state index in [0.717, 1.165) is 30.5 Å². The highest BCUT2D eigenvalue weighted by Gasteiger charge is 2.44. The van der Waals surface area contributed by atoms with Gasteiger partial charge in [0.15, 0.2) is 0 Å². The molecule has 0 amide bonds. The van der Waals surface area contributed by atoms with Crippen LogP contribution in [0.3, 0.4) is 0 Å². The van der Waals surface area contributed by atoms with Crippen LogP contribution in [-0.4, -0.2) is 75.1 Å². The van der Waals surface area contributed by atoms with Gasteiger partial charge >= 0.3 is 5.97 Å². The number of aliphatic hydroxyl groups excluding tert-OH is 4. The van der Waals surface area contributed by atoms with Gasteiger partial charge in [-0.25, -0.2) is 0 Å². The lowest BCUT2D eigenvalue weighted by Gasteiger charge is -2.40. The minimum atomic E-state index is -1.43. The fourth-order valence-electron chi connectivity index (χ4n) is 4.86. The van der Waals surface area contributed by atoms with Crippen LogP contribution in [0.2, 0.25) is 0 Å². The summed E-state index contributed by atoms with van der Waals surface area (Å²) in [7, 11) is 0. The van der Waals surface area contributed by atoms with E-state index in [0.29, 0.717) is 23.5 Å². The summed E-state index contributed by atoms with van der Waals surface area (Å²) in [6, 6.07) is 15.5. The molecule has 0 radical (unpaired) electrons. The van der Waals surface area contributed by atoms with Crippen molar-refractivity contribution in [3.63, 3.8) is 0 Å². The fraction of sp³-hybridized carbons (Fsp3) is 0.500. The smallest absolute Gasteiger partial charge is 0.320 e. The molecular formula is C28H34N2O7. The molecule has 9 heteroatoms. The number of carboxylic acid groups (broad SMARTS) is 1. The first-order valence-electron chi connectivity index (χ1n) is 12.7. The van der Waals surface area contributed by atoms with Gasteiger partial charge in [0, 0.05) is 0 Å². The summed E-state index contributed by atoms with van der Waals surface area (Å²) in [6.45, 7) is 0.384. The molecule has 5 rings (SSSR count). The third-order valence-electron chi connectivity index (χ3n) is 7.25. The highest BCUT2D eigenvalue weighted by molar-refractivity contribution is 5.73. The van der Waals surface area contributed by atoms with Gasteiger partial charge in [0.05, 0.1) is 18.2 Å². The van der Waals surface area contributed by atoms with Gasteiger partial charge in [-0.05, 0) is 72.9 Å². The molecule has 1 saturated carbocycles. The van der Waals surface area contributed by atoms with Crippen LogP contribution in [0.25, 0.3) is 0 Å². The summed E-state index contributed by atoms with van der Waals surface area (Å²) < 4.78 is 5.65. The average Bonchev–Trinajstić information content (AvgIpc) is 3.60. The molecule has 2 aromatic rings. The van der Waals surface area contributed by atoms with E-state index >= 15 is 0 Å². The number of aliphatic carboxylic acids is 1. The van der Waals surface area contributed by atoms with Crippen LogP contribution in [-0.2, 0) is 16.0 Å². The highest BCUT2D eigenvalue weighted by Crippen LogP contribution is 2.40. The molecule has 0 spiro atoms. The Kier molecular flexibility index (Phi) is 8.92. The fourth-order valence-corrected chi connectivity index (χ4v) is 4.86. The molecule has 0 bridgehead atoms. The van der Waals surface area contributed by atoms with Crippen molar-refractivity contribution in [3.8, 4) is 6.07 Å². The lowest BCUT2D eigenvalue weighted by Crippen LogP contribution is -2.55. The van der Waals surface area contributed by atoms with Crippen molar-refractivity contribution in [2.75, 3.05) is 13.2 Å². The van der Waals surface area contributed by atoms with Crippen LogP contribution < -0.4 is 5.32 Å². The summed E-state index contributed by atoms with van der Waals surface area (Å²) in [5, 5.41) is 60.5. The molecule has 3 fully saturated rings. The van der Waals surface area contributed by atoms with Crippen molar-refractivity contribution in [2.24, 2.45) is 0 Å². The molecule has 6 N–H and O–H groups in total. The molecule has 2 saturated heterocycles. The quantitative estimate of drug-likeness (QED) is 0.337. The molecule has 0 unspecified atom stereocenters. The zero-order chi connectivity index (χ0) is 26.5. The molecule has 6 atom stereocenters. The average molecular weight is 511 g/mol. The monoisotopic (exact) mass is 510 g/mol. The van der Waals surface area contributed by atoms with Gasteiger partial charge in [0.25, 0.3) is 0 Å². The molecule has 2 aromatic carbocycles. The third kappa shape index (κ3) is 6.54. The van der Waals surface area contributed by atoms with Gasteiger partial charge < -0.3 is 35.6 Å². The zero-order valence-electron chi connectivity index (χ0n) is 20.5. The molecular weight excluding hydrogens is 476 g/mol. The summed E-state index contributed by atoms with van der Waals surface area (Å²) in [5.74, 6) is -0.0317. The maximum absolute atomic E-state index is 10.4. The van der Waals surface area contributed by atoms with Crippen molar-refractivity contribution < 1.29 is 35.1 Å². The maximum atomic E-state index is 10.4. The van der Waals surface area contributed by atoms with Gasteiger partial charge in [0.1, 0.15) is 36.6 Å². The van der Waals surface area contributed by atoms with E-state index in [1.807, 2.05) is 0 Å². The maximum Gasteiger partial charge on any atom is 0.320 e. The Bertz CT molecular complexity index is 1100. The van der Waals surface area contributed by atoms with E-state index in [1.165, 1.54) is 18.4 Å². The topological polar surface area (TPSA) is 163 Å². The SMILES string of the molecule is N#Cc1ccc([C@@H]2O[C@H](CO)[C@@H](O)[C@H](O)[C@H]2O)cc1Cc1ccc(C2CC2)cc1.O=C(O)[C@@H]1CCCN1. The Morgan fingerprint density at radius 1 is 1.00 bits per heavy atom. The summed E-state index contributed by atoms with van der Waals surface area (Å²) >= 11 is 0. The Labute approximate surface area is 216 Å². The predicted octanol–water partition coefficient (Wildman–Crippen LogP) is 1.36. The number of hydrogen-bond donors (Lipinski definition) is 6. The lowest BCUT2D eigenvalue weighted by atomic mass is 9.89. The first-order valence-corrected chi connectivity index (χ1v) is 12.7. The Balaban J connectivity index is 0.000000342. The second-order valence-electron chi connectivity index (χ2n) is 9.96. The molecule has 2 heterocycles. The van der Waals surface area contributed by atoms with Crippen molar-refractivity contribution in [2.45, 2.75) is 74.6 Å². The standard InChI is InChI=1S/C23H25NO5.C5H9NO2/c24-11-17-8-7-16(23-22(28)21(27)20(26)19(12-25)29-23)10-18(17)9-13-1-3-14(4-2-13)15-5-6-15;7-5(8)4-2-1-3-6-4/h1-4,7-8,10,15,19-23,25-28H,5-6,9,12H2;4,6H,1-3H2,(H,7,8)/t19-,20-,21+,22-,23+;4-/m10/s1. The lowest BCUT2D eigenvalue weighted by molar-refractivity contribution is -0.231. The summed E-state index contributed by atoms with van der Waals surface area (Å²) in [4.78, 5) is 10.1. The minimum absolute atomic E-state index is 0.269. The highest BCUT2D eigenvalue weighted by atomic mass is 16.5. The van der Waals surface area contributed by atoms with Crippen molar-refractivity contribution >= 4 is 5.97 Å². The van der Waals surface area contributed by atoms with E-state index in [9.17, 15) is 30.5 Å². The number of aliphatic hydroxyl groups is 4. The van der Waals surface area contributed by atoms with Crippen molar-refractivity contribution in [1.29, 1.82) is 5.26 Å². The van der Waals surface area contributed by atoms with Crippen molar-refractivity contribution in [1.82, 2.24) is 5.32 Å². The largest absolute Gasteiger partial charge is 0.480 e. The van der Waals surface area contributed by atoms with Gasteiger partial charge in [-0.1, -0.05) is 36.4 Å². The van der Waals surface area contributed by atoms with Crippen LogP contribution >= 0.6 is 0 Å². The molecule has 2 aliphatic heterocycles. The number of benzene rings is 2. The number of carboxylic acids is 1. The van der Waals surface area contributed by atoms with Gasteiger partial charge in [-0.3, -0.25) is 4.79 Å². The van der Waals surface area contributed by atoms with E-state index in [2.05, 4.69) is 35.7 Å². The summed E-state index contributed by atoms with van der Waals surface area (Å²) in [6.07, 6.45) is -1.20. The minimum Gasteiger partial charge on any atom is -0.480 e. The number of nitrogens with one attached hydrogen (secondary N) is 1. The number of hydrogen-bond acceptors (Lipinski definition) is 8. The van der Waals surface area contributed by atoms with E-state index < -0.39 is 43.1 Å². The van der Waals surface area contributed by atoms with E-state index in [1.54, 1.807) is 18.2 Å². The third-order valence-corrected chi connectivity index (χ3v) is 7.25. The summed E-state index contributed by atoms with van der Waals surface area (Å²) in [5.41, 5.74) is 4.34. The first kappa shape index (κ1) is 27.2. The van der Waals surface area contributed by atoms with Crippen molar-refractivity contribution in [3.05, 3.63) is 70.3 Å². The van der Waals surface area contributed by atoms with Crippen LogP contribution in [0.4, 0.5) is 0 Å². The number of nitriles is 1. The van der Waals surface area contributed by atoms with E-state index in [-0.39, 0.29) is 6.04 Å². The number of ether oxygens (including phenoxy) is 1. The van der Waals surface area contributed by atoms with Gasteiger partial charge in [0.2, 0.25) is 0 Å². The van der Waals surface area contributed by atoms with Crippen LogP contribution in [0, 0.1) is 11.3 Å². The van der Waals surface area contributed by atoms with E-state index in [4.69, 9.17) is 9.84 Å². The second-order valence-corrected chi connectivity index (χ2v) is 9.96. The molecule has 0 aromatic heterocycles. The first-order chi connectivity index (χ1) is 17.8. The predicted molar refractivity (Wildman–Crippen MR) is 134 cm³/mol. The normalized spacial score (nSPS) is 29.2. The molecule has 1 aliphatic carbocycles. The number of nitrogens with zero attached hydrogens (tertiary/aromatic N) is 1. The Morgan fingerprint density at radius 3 is 2.24 bits per heavy atom. The second kappa shape index (κ2) is 12.1. The molecule has 3 aliphatic rings. The number of rotatable bonds is 6. The Morgan fingerprint density at radius 2 is 1.70 bits per heavy atom. The molecule has 9 nitrogen and oxygen atoms in total. The van der Waals surface area contributed by atoms with Crippen LogP contribution in [0.1, 0.15) is 65.5 Å². The van der Waals surface area contributed by atoms with Crippen LogP contribution in [0.15, 0.2) is 42.5 Å². The van der Waals surface area contributed by atoms with Gasteiger partial charge in [-0.15, -0.1) is 0 Å². The van der Waals surface area contributed by atoms with Crippen LogP contribution in [0.5, 0.6) is 0 Å². The number of carbonyl (C=O) groups is 1.